The van der Waals surface area contributed by atoms with Crippen LogP contribution in [0.4, 0.5) is 0 Å². The second-order valence-electron chi connectivity index (χ2n) is 7.82. The van der Waals surface area contributed by atoms with E-state index >= 15 is 0 Å². The first-order valence-electron chi connectivity index (χ1n) is 8.33. The molecule has 0 unspecified atom stereocenters. The molecule has 0 saturated heterocycles. The average Bonchev–Trinajstić information content (AvgIpc) is 2.85. The zero-order chi connectivity index (χ0) is 16.9. The van der Waals surface area contributed by atoms with Crippen LogP contribution in [0.3, 0.4) is 0 Å². The lowest BCUT2D eigenvalue weighted by molar-refractivity contribution is -0.149. The van der Waals surface area contributed by atoms with Gasteiger partial charge in [-0.1, -0.05) is 39.0 Å². The molecule has 1 aromatic carbocycles. The number of aliphatic hydroxyl groups is 1. The van der Waals surface area contributed by atoms with Gasteiger partial charge in [-0.2, -0.15) is 0 Å². The van der Waals surface area contributed by atoms with Crippen LogP contribution in [0.15, 0.2) is 30.3 Å². The van der Waals surface area contributed by atoms with Gasteiger partial charge < -0.3 is 9.84 Å². The normalized spacial score (nSPS) is 34.9. The SMILES string of the molecule is COc1ccc(/C=C/C(=O)[C@@]2(O)C[C@H]3CC[C@]2(C)C3(C)C)cc1. The van der Waals surface area contributed by atoms with E-state index in [4.69, 9.17) is 4.74 Å². The molecule has 2 aliphatic rings. The Morgan fingerprint density at radius 1 is 1.26 bits per heavy atom. The third-order valence-corrected chi connectivity index (χ3v) is 6.84. The van der Waals surface area contributed by atoms with Gasteiger partial charge in [0.15, 0.2) is 5.78 Å². The van der Waals surface area contributed by atoms with Crippen molar-refractivity contribution in [2.45, 2.75) is 45.6 Å². The van der Waals surface area contributed by atoms with Crippen molar-refractivity contribution < 1.29 is 14.6 Å². The van der Waals surface area contributed by atoms with E-state index in [1.54, 1.807) is 19.3 Å². The predicted molar refractivity (Wildman–Crippen MR) is 91.2 cm³/mol. The van der Waals surface area contributed by atoms with Gasteiger partial charge in [-0.25, -0.2) is 0 Å². The number of ketones is 1. The van der Waals surface area contributed by atoms with Gasteiger partial charge in [0.2, 0.25) is 0 Å². The summed E-state index contributed by atoms with van der Waals surface area (Å²) in [6, 6.07) is 7.53. The molecule has 1 N–H and O–H groups in total. The summed E-state index contributed by atoms with van der Waals surface area (Å²) in [6.07, 6.45) is 5.94. The monoisotopic (exact) mass is 314 g/mol. The van der Waals surface area contributed by atoms with Crippen molar-refractivity contribution >= 4 is 11.9 Å². The molecule has 0 aromatic heterocycles. The second-order valence-corrected chi connectivity index (χ2v) is 7.82. The second kappa shape index (κ2) is 5.20. The van der Waals surface area contributed by atoms with E-state index in [2.05, 4.69) is 20.8 Å². The third kappa shape index (κ3) is 2.17. The molecule has 3 atom stereocenters. The molecular formula is C20H26O3. The number of ether oxygens (including phenoxy) is 1. The minimum Gasteiger partial charge on any atom is -0.497 e. The summed E-state index contributed by atoms with van der Waals surface area (Å²) in [7, 11) is 1.63. The highest BCUT2D eigenvalue weighted by molar-refractivity contribution is 6.01. The van der Waals surface area contributed by atoms with E-state index in [0.29, 0.717) is 12.3 Å². The topological polar surface area (TPSA) is 46.5 Å². The highest BCUT2D eigenvalue weighted by atomic mass is 16.5. The molecular weight excluding hydrogens is 288 g/mol. The van der Waals surface area contributed by atoms with Crippen LogP contribution >= 0.6 is 0 Å². The largest absolute Gasteiger partial charge is 0.497 e. The molecule has 0 amide bonds. The average molecular weight is 314 g/mol. The van der Waals surface area contributed by atoms with Gasteiger partial charge in [0.1, 0.15) is 11.4 Å². The number of methoxy groups -OCH3 is 1. The highest BCUT2D eigenvalue weighted by Crippen LogP contribution is 2.69. The molecule has 0 heterocycles. The molecule has 2 aliphatic carbocycles. The number of benzene rings is 1. The molecule has 0 radical (unpaired) electrons. The van der Waals surface area contributed by atoms with E-state index in [-0.39, 0.29) is 16.6 Å². The summed E-state index contributed by atoms with van der Waals surface area (Å²) < 4.78 is 5.13. The molecule has 0 aliphatic heterocycles. The van der Waals surface area contributed by atoms with Gasteiger partial charge in [-0.15, -0.1) is 0 Å². The molecule has 3 heteroatoms. The van der Waals surface area contributed by atoms with E-state index < -0.39 is 5.60 Å². The summed E-state index contributed by atoms with van der Waals surface area (Å²) in [5, 5.41) is 11.2. The summed E-state index contributed by atoms with van der Waals surface area (Å²) in [5.74, 6) is 1.05. The van der Waals surface area contributed by atoms with Gasteiger partial charge >= 0.3 is 0 Å². The Bertz CT molecular complexity index is 643. The fraction of sp³-hybridized carbons (Fsp3) is 0.550. The van der Waals surface area contributed by atoms with E-state index in [9.17, 15) is 9.90 Å². The van der Waals surface area contributed by atoms with Gasteiger partial charge in [0.05, 0.1) is 7.11 Å². The van der Waals surface area contributed by atoms with Crippen LogP contribution in [0, 0.1) is 16.7 Å². The zero-order valence-electron chi connectivity index (χ0n) is 14.4. The van der Waals surface area contributed by atoms with Crippen LogP contribution in [0.2, 0.25) is 0 Å². The van der Waals surface area contributed by atoms with E-state index in [1.807, 2.05) is 24.3 Å². The molecule has 2 fully saturated rings. The Morgan fingerprint density at radius 2 is 1.91 bits per heavy atom. The Labute approximate surface area is 138 Å². The molecule has 3 rings (SSSR count). The number of rotatable bonds is 4. The van der Waals surface area contributed by atoms with Crippen molar-refractivity contribution in [2.24, 2.45) is 16.7 Å². The van der Waals surface area contributed by atoms with E-state index in [0.717, 1.165) is 24.2 Å². The van der Waals surface area contributed by atoms with Gasteiger partial charge in [-0.3, -0.25) is 4.79 Å². The molecule has 2 saturated carbocycles. The number of hydrogen-bond acceptors (Lipinski definition) is 3. The van der Waals surface area contributed by atoms with Gasteiger partial charge in [0, 0.05) is 5.41 Å². The first-order valence-corrected chi connectivity index (χ1v) is 8.33. The van der Waals surface area contributed by atoms with Crippen LogP contribution in [0.1, 0.15) is 45.6 Å². The van der Waals surface area contributed by atoms with Crippen molar-refractivity contribution in [3.63, 3.8) is 0 Å². The van der Waals surface area contributed by atoms with Crippen LogP contribution in [-0.2, 0) is 4.79 Å². The Balaban J connectivity index is 1.82. The number of carbonyl (C=O) groups is 1. The molecule has 0 spiro atoms. The lowest BCUT2D eigenvalue weighted by Crippen LogP contribution is -2.52. The quantitative estimate of drug-likeness (QED) is 0.859. The first kappa shape index (κ1) is 16.3. The van der Waals surface area contributed by atoms with Crippen molar-refractivity contribution in [1.82, 2.24) is 0 Å². The Kier molecular flexibility index (Phi) is 3.68. The number of carbonyl (C=O) groups excluding carboxylic acids is 1. The van der Waals surface area contributed by atoms with Gasteiger partial charge in [0.25, 0.3) is 0 Å². The van der Waals surface area contributed by atoms with Crippen LogP contribution in [-0.4, -0.2) is 23.6 Å². The fourth-order valence-corrected chi connectivity index (χ4v) is 4.67. The molecule has 1 aromatic rings. The van der Waals surface area contributed by atoms with Crippen molar-refractivity contribution in [3.8, 4) is 5.75 Å². The molecule has 124 valence electrons. The summed E-state index contributed by atoms with van der Waals surface area (Å²) in [6.45, 7) is 6.48. The number of fused-ring (bicyclic) bond motifs is 2. The third-order valence-electron chi connectivity index (χ3n) is 6.84. The standard InChI is InChI=1S/C20H26O3/c1-18(2)15-11-12-19(18,3)20(22,13-15)17(21)10-7-14-5-8-16(23-4)9-6-14/h5-10,15,22H,11-13H2,1-4H3/b10-7+/t15-,19-,20+/m1/s1. The summed E-state index contributed by atoms with van der Waals surface area (Å²) in [4.78, 5) is 12.8. The predicted octanol–water partition coefficient (Wildman–Crippen LogP) is 3.85. The fourth-order valence-electron chi connectivity index (χ4n) is 4.67. The lowest BCUT2D eigenvalue weighted by Gasteiger charge is -2.43. The maximum atomic E-state index is 12.8. The lowest BCUT2D eigenvalue weighted by atomic mass is 9.63. The summed E-state index contributed by atoms with van der Waals surface area (Å²) in [5.41, 5.74) is -0.643. The zero-order valence-corrected chi connectivity index (χ0v) is 14.4. The van der Waals surface area contributed by atoms with Gasteiger partial charge in [-0.05, 0) is 54.4 Å². The maximum absolute atomic E-state index is 12.8. The van der Waals surface area contributed by atoms with Crippen molar-refractivity contribution in [1.29, 1.82) is 0 Å². The van der Waals surface area contributed by atoms with Crippen molar-refractivity contribution in [3.05, 3.63) is 35.9 Å². The summed E-state index contributed by atoms with van der Waals surface area (Å²) >= 11 is 0. The van der Waals surface area contributed by atoms with Crippen LogP contribution in [0.5, 0.6) is 5.75 Å². The highest BCUT2D eigenvalue weighted by Gasteiger charge is 2.70. The molecule has 23 heavy (non-hydrogen) atoms. The molecule has 3 nitrogen and oxygen atoms in total. The minimum atomic E-state index is -1.23. The smallest absolute Gasteiger partial charge is 0.187 e. The minimum absolute atomic E-state index is 0.00532. The number of hydrogen-bond donors (Lipinski definition) is 1. The Morgan fingerprint density at radius 3 is 2.39 bits per heavy atom. The van der Waals surface area contributed by atoms with Crippen LogP contribution < -0.4 is 4.74 Å². The maximum Gasteiger partial charge on any atom is 0.187 e. The Hall–Kier alpha value is -1.61. The van der Waals surface area contributed by atoms with E-state index in [1.165, 1.54) is 0 Å². The van der Waals surface area contributed by atoms with Crippen molar-refractivity contribution in [2.75, 3.05) is 7.11 Å². The van der Waals surface area contributed by atoms with Crippen LogP contribution in [0.25, 0.3) is 6.08 Å². The molecule has 2 bridgehead atoms. The first-order chi connectivity index (χ1) is 10.7.